The Morgan fingerprint density at radius 2 is 1.25 bits per heavy atom. The third-order valence-electron chi connectivity index (χ3n) is 6.67. The molecule has 256 valence electrons. The zero-order valence-corrected chi connectivity index (χ0v) is 27.9. The third-order valence-corrected chi connectivity index (χ3v) is 7.62. The number of phosphoric acid groups is 1. The predicted molar refractivity (Wildman–Crippen MR) is 171 cm³/mol. The summed E-state index contributed by atoms with van der Waals surface area (Å²) in [6.45, 7) is 2.33. The number of rotatable bonds is 30. The molecule has 0 aromatic heterocycles. The quantitative estimate of drug-likeness (QED) is 0.0312. The fourth-order valence-electron chi connectivity index (χ4n) is 4.07. The minimum absolute atomic E-state index is 0.155. The van der Waals surface area contributed by atoms with Crippen LogP contribution in [-0.4, -0.2) is 59.9 Å². The van der Waals surface area contributed by atoms with Gasteiger partial charge in [0, 0.05) is 12.8 Å². The highest BCUT2D eigenvalue weighted by molar-refractivity contribution is 7.47. The van der Waals surface area contributed by atoms with Crippen LogP contribution in [0, 0.1) is 0 Å². The van der Waals surface area contributed by atoms with Gasteiger partial charge in [-0.05, 0) is 44.9 Å². The first-order valence-electron chi connectivity index (χ1n) is 16.4. The molecule has 44 heavy (non-hydrogen) atoms. The number of unbranched alkanes of at least 4 members (excludes halogenated alkanes) is 12. The molecule has 0 aromatic rings. The van der Waals surface area contributed by atoms with Crippen LogP contribution in [0.15, 0.2) is 24.3 Å². The van der Waals surface area contributed by atoms with Gasteiger partial charge in [-0.3, -0.25) is 23.4 Å². The summed E-state index contributed by atoms with van der Waals surface area (Å²) in [5.41, 5.74) is 5.25. The van der Waals surface area contributed by atoms with Gasteiger partial charge in [0.15, 0.2) is 6.10 Å². The van der Waals surface area contributed by atoms with E-state index in [4.69, 9.17) is 24.8 Å². The largest absolute Gasteiger partial charge is 0.480 e. The smallest absolute Gasteiger partial charge is 0.472 e. The second kappa shape index (κ2) is 28.4. The van der Waals surface area contributed by atoms with E-state index in [0.717, 1.165) is 32.1 Å². The van der Waals surface area contributed by atoms with Gasteiger partial charge in [-0.15, -0.1) is 0 Å². The monoisotopic (exact) mass is 647 g/mol. The summed E-state index contributed by atoms with van der Waals surface area (Å²) in [4.78, 5) is 44.6. The van der Waals surface area contributed by atoms with Gasteiger partial charge in [-0.25, -0.2) is 4.57 Å². The Morgan fingerprint density at radius 3 is 1.82 bits per heavy atom. The van der Waals surface area contributed by atoms with Crippen molar-refractivity contribution >= 4 is 25.7 Å². The molecule has 0 aliphatic heterocycles. The van der Waals surface area contributed by atoms with Crippen molar-refractivity contribution in [3.8, 4) is 0 Å². The van der Waals surface area contributed by atoms with E-state index in [1.807, 2.05) is 0 Å². The van der Waals surface area contributed by atoms with Gasteiger partial charge in [-0.1, -0.05) is 95.9 Å². The Bertz CT molecular complexity index is 864. The minimum Gasteiger partial charge on any atom is -0.480 e. The lowest BCUT2D eigenvalue weighted by atomic mass is 10.1. The first-order valence-corrected chi connectivity index (χ1v) is 17.9. The van der Waals surface area contributed by atoms with Crippen LogP contribution in [0.3, 0.4) is 0 Å². The summed E-state index contributed by atoms with van der Waals surface area (Å²) in [5.74, 6) is -2.45. The predicted octanol–water partition coefficient (Wildman–Crippen LogP) is 7.16. The van der Waals surface area contributed by atoms with Crippen LogP contribution < -0.4 is 5.73 Å². The van der Waals surface area contributed by atoms with Crippen LogP contribution in [0.4, 0.5) is 0 Å². The van der Waals surface area contributed by atoms with Crippen LogP contribution in [-0.2, 0) is 37.5 Å². The maximum absolute atomic E-state index is 12.3. The number of carbonyl (C=O) groups excluding carboxylic acids is 2. The standard InChI is InChI=1S/C32H58NO10P/c1-3-5-6-7-8-9-10-11-12-13-14-15-16-17-18-19-20-21-22-24-31(35)43-28(25-40-30(34)23-4-2)26-41-44(38,39)42-27-29(33)32(36)37/h8-9,11-12,28-29H,3-7,10,13-27,33H2,1-2H3,(H,36,37)(H,38,39)/b9-8-,12-11-. The zero-order chi connectivity index (χ0) is 32.9. The highest BCUT2D eigenvalue weighted by atomic mass is 31.2. The molecule has 0 saturated heterocycles. The van der Waals surface area contributed by atoms with Gasteiger partial charge < -0.3 is 25.2 Å². The van der Waals surface area contributed by atoms with E-state index in [-0.39, 0.29) is 19.4 Å². The number of nitrogens with two attached hydrogens (primary N) is 1. The number of esters is 2. The Morgan fingerprint density at radius 1 is 0.705 bits per heavy atom. The lowest BCUT2D eigenvalue weighted by Crippen LogP contribution is -2.34. The number of carboxylic acid groups (broad SMARTS) is 1. The minimum atomic E-state index is -4.68. The number of allylic oxidation sites excluding steroid dienone is 4. The van der Waals surface area contributed by atoms with Crippen LogP contribution in [0.5, 0.6) is 0 Å². The third kappa shape index (κ3) is 27.5. The molecule has 0 rings (SSSR count). The fraction of sp³-hybridized carbons (Fsp3) is 0.781. The van der Waals surface area contributed by atoms with E-state index in [1.54, 1.807) is 6.92 Å². The summed E-state index contributed by atoms with van der Waals surface area (Å²) < 4.78 is 31.8. The van der Waals surface area contributed by atoms with Crippen molar-refractivity contribution in [2.75, 3.05) is 19.8 Å². The molecule has 0 heterocycles. The number of carboxylic acids is 1. The second-order valence-electron chi connectivity index (χ2n) is 10.9. The van der Waals surface area contributed by atoms with Gasteiger partial charge in [-0.2, -0.15) is 0 Å². The number of ether oxygens (including phenoxy) is 2. The van der Waals surface area contributed by atoms with Crippen LogP contribution in [0.25, 0.3) is 0 Å². The Labute approximate surface area is 264 Å². The number of carbonyl (C=O) groups is 3. The second-order valence-corrected chi connectivity index (χ2v) is 12.4. The van der Waals surface area contributed by atoms with Crippen LogP contribution >= 0.6 is 7.82 Å². The average Bonchev–Trinajstić information content (AvgIpc) is 2.98. The summed E-state index contributed by atoms with van der Waals surface area (Å²) in [6, 6.07) is -1.52. The molecule has 0 amide bonds. The van der Waals surface area contributed by atoms with Crippen molar-refractivity contribution < 1.29 is 47.5 Å². The summed E-state index contributed by atoms with van der Waals surface area (Å²) in [5, 5.41) is 8.76. The van der Waals surface area contributed by atoms with E-state index in [9.17, 15) is 23.8 Å². The molecule has 0 bridgehead atoms. The molecule has 0 aromatic carbocycles. The van der Waals surface area contributed by atoms with Crippen molar-refractivity contribution in [3.63, 3.8) is 0 Å². The molecular formula is C32H58NO10P. The molecule has 0 saturated carbocycles. The maximum atomic E-state index is 12.3. The normalized spacial score (nSPS) is 14.5. The lowest BCUT2D eigenvalue weighted by molar-refractivity contribution is -0.161. The summed E-state index contributed by atoms with van der Waals surface area (Å²) in [7, 11) is -4.68. The molecular weight excluding hydrogens is 589 g/mol. The molecule has 11 nitrogen and oxygen atoms in total. The topological polar surface area (TPSA) is 172 Å². The highest BCUT2D eigenvalue weighted by Crippen LogP contribution is 2.43. The van der Waals surface area contributed by atoms with Crippen molar-refractivity contribution in [2.45, 2.75) is 142 Å². The molecule has 0 spiro atoms. The molecule has 3 unspecified atom stereocenters. The van der Waals surface area contributed by atoms with Gasteiger partial charge in [0.1, 0.15) is 12.6 Å². The Balaban J connectivity index is 4.10. The van der Waals surface area contributed by atoms with Crippen LogP contribution in [0.2, 0.25) is 0 Å². The maximum Gasteiger partial charge on any atom is 0.472 e. The molecule has 0 aliphatic carbocycles. The molecule has 4 N–H and O–H groups in total. The van der Waals surface area contributed by atoms with Gasteiger partial charge >= 0.3 is 25.7 Å². The Hall–Kier alpha value is -2.04. The van der Waals surface area contributed by atoms with E-state index >= 15 is 0 Å². The number of hydrogen-bond donors (Lipinski definition) is 3. The van der Waals surface area contributed by atoms with Crippen molar-refractivity contribution in [1.29, 1.82) is 0 Å². The first kappa shape index (κ1) is 42.0. The van der Waals surface area contributed by atoms with E-state index in [0.29, 0.717) is 12.8 Å². The van der Waals surface area contributed by atoms with Gasteiger partial charge in [0.25, 0.3) is 0 Å². The first-order chi connectivity index (χ1) is 21.1. The molecule has 12 heteroatoms. The van der Waals surface area contributed by atoms with Crippen LogP contribution in [0.1, 0.15) is 129 Å². The number of aliphatic carboxylic acids is 1. The van der Waals surface area contributed by atoms with E-state index in [1.165, 1.54) is 57.8 Å². The summed E-state index contributed by atoms with van der Waals surface area (Å²) in [6.07, 6.45) is 25.8. The zero-order valence-electron chi connectivity index (χ0n) is 27.0. The molecule has 0 radical (unpaired) electrons. The molecule has 0 fully saturated rings. The SMILES string of the molecule is CCCCC/C=C\C/C=C\CCCCCCCCCCCC(=O)OC(COC(=O)CCC)COP(=O)(O)OCC(N)C(=O)O. The Kier molecular flexibility index (Phi) is 27.1. The van der Waals surface area contributed by atoms with Gasteiger partial charge in [0.2, 0.25) is 0 Å². The summed E-state index contributed by atoms with van der Waals surface area (Å²) >= 11 is 0. The van der Waals surface area contributed by atoms with Crippen molar-refractivity contribution in [3.05, 3.63) is 24.3 Å². The molecule has 0 aliphatic rings. The molecule has 3 atom stereocenters. The van der Waals surface area contributed by atoms with Crippen molar-refractivity contribution in [2.24, 2.45) is 5.73 Å². The average molecular weight is 648 g/mol. The van der Waals surface area contributed by atoms with E-state index in [2.05, 4.69) is 35.8 Å². The fourth-order valence-corrected chi connectivity index (χ4v) is 4.85. The lowest BCUT2D eigenvalue weighted by Gasteiger charge is -2.20. The highest BCUT2D eigenvalue weighted by Gasteiger charge is 2.28. The number of hydrogen-bond acceptors (Lipinski definition) is 9. The van der Waals surface area contributed by atoms with Crippen molar-refractivity contribution in [1.82, 2.24) is 0 Å². The number of phosphoric ester groups is 1. The van der Waals surface area contributed by atoms with Gasteiger partial charge in [0.05, 0.1) is 13.2 Å². The van der Waals surface area contributed by atoms with E-state index < -0.39 is 51.1 Å².